The molecule has 2 saturated heterocycles. The van der Waals surface area contributed by atoms with E-state index in [2.05, 4.69) is 34.0 Å². The van der Waals surface area contributed by atoms with Crippen LogP contribution in [0.15, 0.2) is 11.7 Å². The molecule has 2 aromatic rings. The van der Waals surface area contributed by atoms with E-state index in [-0.39, 0.29) is 0 Å². The quantitative estimate of drug-likeness (QED) is 0.680. The van der Waals surface area contributed by atoms with Gasteiger partial charge in [0.15, 0.2) is 0 Å². The Balaban J connectivity index is 1.27. The number of hydrogen-bond donors (Lipinski definition) is 0. The van der Waals surface area contributed by atoms with Crippen LogP contribution in [0, 0.1) is 5.92 Å². The van der Waals surface area contributed by atoms with E-state index in [4.69, 9.17) is 9.72 Å². The topological polar surface area (TPSA) is 41.5 Å². The highest BCUT2D eigenvalue weighted by Crippen LogP contribution is 2.42. The van der Waals surface area contributed by atoms with Crippen LogP contribution in [-0.2, 0) is 4.74 Å². The van der Waals surface area contributed by atoms with Gasteiger partial charge in [-0.2, -0.15) is 0 Å². The molecule has 1 saturated carbocycles. The fourth-order valence-electron chi connectivity index (χ4n) is 5.96. The van der Waals surface area contributed by atoms with Crippen LogP contribution >= 0.6 is 11.3 Å². The minimum absolute atomic E-state index is 0.361. The molecule has 3 fully saturated rings. The number of hydrogen-bond acceptors (Lipinski definition) is 6. The summed E-state index contributed by atoms with van der Waals surface area (Å²) in [6, 6.07) is 0. The maximum absolute atomic E-state index is 5.91. The van der Waals surface area contributed by atoms with Crippen LogP contribution in [0.1, 0.15) is 70.3 Å². The number of ether oxygens (including phenoxy) is 1. The lowest BCUT2D eigenvalue weighted by Gasteiger charge is -2.40. The van der Waals surface area contributed by atoms with Crippen molar-refractivity contribution < 1.29 is 4.74 Å². The minimum Gasteiger partial charge on any atom is -0.373 e. The molecule has 2 unspecified atom stereocenters. The summed E-state index contributed by atoms with van der Waals surface area (Å²) in [5.74, 6) is 2.70. The zero-order valence-electron chi connectivity index (χ0n) is 18.6. The molecule has 0 aromatic carbocycles. The van der Waals surface area contributed by atoms with Gasteiger partial charge < -0.3 is 9.64 Å². The first-order valence-electron chi connectivity index (χ1n) is 12.0. The van der Waals surface area contributed by atoms with E-state index in [9.17, 15) is 0 Å². The van der Waals surface area contributed by atoms with Gasteiger partial charge in [-0.15, -0.1) is 11.3 Å². The van der Waals surface area contributed by atoms with E-state index in [0.29, 0.717) is 18.1 Å². The van der Waals surface area contributed by atoms with Crippen molar-refractivity contribution in [3.8, 4) is 0 Å². The van der Waals surface area contributed by atoms with Gasteiger partial charge >= 0.3 is 0 Å². The Morgan fingerprint density at radius 2 is 1.73 bits per heavy atom. The van der Waals surface area contributed by atoms with Gasteiger partial charge in [-0.25, -0.2) is 9.97 Å². The van der Waals surface area contributed by atoms with Crippen LogP contribution < -0.4 is 4.90 Å². The number of aromatic nitrogens is 2. The molecule has 0 spiro atoms. The molecule has 1 aliphatic carbocycles. The molecule has 2 aliphatic heterocycles. The van der Waals surface area contributed by atoms with Crippen LogP contribution in [0.3, 0.4) is 0 Å². The maximum atomic E-state index is 5.91. The first-order valence-corrected chi connectivity index (χ1v) is 12.9. The Morgan fingerprint density at radius 1 is 1.00 bits per heavy atom. The SMILES string of the molecule is CC1CN(CC2CCN(c3ncnc4scc(C5CCCCC5)c34)CC2)CC(C)O1. The largest absolute Gasteiger partial charge is 0.373 e. The Morgan fingerprint density at radius 3 is 2.47 bits per heavy atom. The van der Waals surface area contributed by atoms with Gasteiger partial charge in [0.25, 0.3) is 0 Å². The first-order chi connectivity index (χ1) is 14.7. The first kappa shape index (κ1) is 20.7. The summed E-state index contributed by atoms with van der Waals surface area (Å²) in [7, 11) is 0. The van der Waals surface area contributed by atoms with Crippen molar-refractivity contribution in [3.63, 3.8) is 0 Å². The molecule has 5 nitrogen and oxygen atoms in total. The molecule has 2 atom stereocenters. The number of nitrogens with zero attached hydrogens (tertiary/aromatic N) is 4. The van der Waals surface area contributed by atoms with Crippen LogP contribution in [-0.4, -0.2) is 59.8 Å². The molecule has 0 amide bonds. The Labute approximate surface area is 184 Å². The highest BCUT2D eigenvalue weighted by atomic mass is 32.1. The van der Waals surface area contributed by atoms with Gasteiger partial charge in [-0.3, -0.25) is 4.90 Å². The summed E-state index contributed by atoms with van der Waals surface area (Å²) in [4.78, 5) is 15.8. The maximum Gasteiger partial charge on any atom is 0.141 e. The zero-order valence-corrected chi connectivity index (χ0v) is 19.4. The van der Waals surface area contributed by atoms with Gasteiger partial charge in [-0.05, 0) is 62.3 Å². The molecular weight excluding hydrogens is 392 g/mol. The number of thiophene rings is 1. The summed E-state index contributed by atoms with van der Waals surface area (Å²) in [6.45, 7) is 10.0. The second-order valence-electron chi connectivity index (χ2n) is 9.81. The van der Waals surface area contributed by atoms with E-state index in [1.807, 2.05) is 11.3 Å². The molecule has 6 heteroatoms. The number of rotatable bonds is 4. The van der Waals surface area contributed by atoms with Gasteiger partial charge in [0.05, 0.1) is 17.6 Å². The lowest BCUT2D eigenvalue weighted by Crippen LogP contribution is -2.48. The summed E-state index contributed by atoms with van der Waals surface area (Å²) in [6.07, 6.45) is 11.8. The summed E-state index contributed by atoms with van der Waals surface area (Å²) in [5, 5.41) is 3.75. The molecule has 0 radical (unpaired) electrons. The van der Waals surface area contributed by atoms with Crippen molar-refractivity contribution in [2.24, 2.45) is 5.92 Å². The third-order valence-corrected chi connectivity index (χ3v) is 8.25. The Kier molecular flexibility index (Phi) is 6.26. The van der Waals surface area contributed by atoms with Crippen LogP contribution in [0.4, 0.5) is 5.82 Å². The fraction of sp³-hybridized carbons (Fsp3) is 0.750. The van der Waals surface area contributed by atoms with Gasteiger partial charge in [0, 0.05) is 32.7 Å². The van der Waals surface area contributed by atoms with Crippen molar-refractivity contribution >= 4 is 27.4 Å². The van der Waals surface area contributed by atoms with Gasteiger partial charge in [0.1, 0.15) is 17.0 Å². The lowest BCUT2D eigenvalue weighted by molar-refractivity contribution is -0.0720. The number of anilines is 1. The highest BCUT2D eigenvalue weighted by Gasteiger charge is 2.29. The third kappa shape index (κ3) is 4.37. The fourth-order valence-corrected chi connectivity index (χ4v) is 6.94. The van der Waals surface area contributed by atoms with E-state index < -0.39 is 0 Å². The van der Waals surface area contributed by atoms with E-state index >= 15 is 0 Å². The number of piperidine rings is 1. The van der Waals surface area contributed by atoms with Gasteiger partial charge in [0.2, 0.25) is 0 Å². The summed E-state index contributed by atoms with van der Waals surface area (Å²) in [5.41, 5.74) is 1.53. The standard InChI is InChI=1S/C24H36N4OS/c1-17-12-27(13-18(2)29-17)14-19-8-10-28(11-9-19)23-22-21(20-6-4-3-5-7-20)15-30-24(22)26-16-25-23/h15-20H,3-14H2,1-2H3. The van der Waals surface area contributed by atoms with Crippen LogP contribution in [0.5, 0.6) is 0 Å². The highest BCUT2D eigenvalue weighted by molar-refractivity contribution is 7.17. The number of morpholine rings is 1. The van der Waals surface area contributed by atoms with Crippen molar-refractivity contribution in [2.45, 2.75) is 76.9 Å². The molecule has 30 heavy (non-hydrogen) atoms. The van der Waals surface area contributed by atoms with Crippen LogP contribution in [0.2, 0.25) is 0 Å². The average molecular weight is 429 g/mol. The zero-order chi connectivity index (χ0) is 20.5. The van der Waals surface area contributed by atoms with Crippen molar-refractivity contribution in [1.29, 1.82) is 0 Å². The molecule has 0 bridgehead atoms. The van der Waals surface area contributed by atoms with Crippen molar-refractivity contribution in [1.82, 2.24) is 14.9 Å². The molecular formula is C24H36N4OS. The number of fused-ring (bicyclic) bond motifs is 1. The lowest BCUT2D eigenvalue weighted by atomic mass is 9.84. The third-order valence-electron chi connectivity index (χ3n) is 7.35. The molecule has 0 N–H and O–H groups in total. The monoisotopic (exact) mass is 428 g/mol. The molecule has 4 heterocycles. The summed E-state index contributed by atoms with van der Waals surface area (Å²) < 4.78 is 5.91. The van der Waals surface area contributed by atoms with E-state index in [1.54, 1.807) is 6.33 Å². The molecule has 2 aromatic heterocycles. The van der Waals surface area contributed by atoms with Crippen molar-refractivity contribution in [3.05, 3.63) is 17.3 Å². The second kappa shape index (κ2) is 9.09. The Hall–Kier alpha value is -1.24. The van der Waals surface area contributed by atoms with Gasteiger partial charge in [-0.1, -0.05) is 19.3 Å². The second-order valence-corrected chi connectivity index (χ2v) is 10.7. The van der Waals surface area contributed by atoms with Crippen LogP contribution in [0.25, 0.3) is 10.2 Å². The predicted molar refractivity (Wildman–Crippen MR) is 125 cm³/mol. The van der Waals surface area contributed by atoms with E-state index in [0.717, 1.165) is 32.1 Å². The van der Waals surface area contributed by atoms with Crippen molar-refractivity contribution in [2.75, 3.05) is 37.6 Å². The average Bonchev–Trinajstić information content (AvgIpc) is 3.19. The Bertz CT molecular complexity index is 831. The van der Waals surface area contributed by atoms with E-state index in [1.165, 1.54) is 73.1 Å². The normalized spacial score (nSPS) is 27.7. The minimum atomic E-state index is 0.361. The smallest absolute Gasteiger partial charge is 0.141 e. The molecule has 164 valence electrons. The molecule has 3 aliphatic rings. The predicted octanol–water partition coefficient (Wildman–Crippen LogP) is 5.06. The summed E-state index contributed by atoms with van der Waals surface area (Å²) >= 11 is 1.81. The molecule has 5 rings (SSSR count).